The van der Waals surface area contributed by atoms with Gasteiger partial charge in [0.25, 0.3) is 5.91 Å². The van der Waals surface area contributed by atoms with Gasteiger partial charge in [-0.3, -0.25) is 9.59 Å². The zero-order valence-corrected chi connectivity index (χ0v) is 12.9. The Morgan fingerprint density at radius 1 is 1.14 bits per heavy atom. The SMILES string of the molecule is CC(=O)Nc1cccc(C(=O)NCCc2ccc(Cl)cc2)n1. The summed E-state index contributed by atoms with van der Waals surface area (Å²) in [7, 11) is 0. The maximum Gasteiger partial charge on any atom is 0.269 e. The molecule has 0 saturated heterocycles. The molecule has 0 bridgehead atoms. The van der Waals surface area contributed by atoms with Crippen LogP contribution in [0.2, 0.25) is 5.02 Å². The number of amides is 2. The van der Waals surface area contributed by atoms with E-state index in [9.17, 15) is 9.59 Å². The van der Waals surface area contributed by atoms with Gasteiger partial charge in [-0.1, -0.05) is 29.8 Å². The number of nitrogens with zero attached hydrogens (tertiary/aromatic N) is 1. The molecule has 6 heteroatoms. The second kappa shape index (κ2) is 7.56. The number of carbonyl (C=O) groups is 2. The Morgan fingerprint density at radius 2 is 1.86 bits per heavy atom. The van der Waals surface area contributed by atoms with E-state index in [0.717, 1.165) is 5.56 Å². The first kappa shape index (κ1) is 16.0. The highest BCUT2D eigenvalue weighted by Crippen LogP contribution is 2.09. The molecular weight excluding hydrogens is 302 g/mol. The number of halogens is 1. The number of anilines is 1. The lowest BCUT2D eigenvalue weighted by atomic mass is 10.1. The van der Waals surface area contributed by atoms with Crippen LogP contribution in [0.5, 0.6) is 0 Å². The second-order valence-electron chi connectivity index (χ2n) is 4.72. The molecule has 0 unspecified atom stereocenters. The fourth-order valence-electron chi connectivity index (χ4n) is 1.87. The summed E-state index contributed by atoms with van der Waals surface area (Å²) < 4.78 is 0. The Labute approximate surface area is 133 Å². The maximum absolute atomic E-state index is 12.0. The summed E-state index contributed by atoms with van der Waals surface area (Å²) in [6, 6.07) is 12.4. The molecule has 0 atom stereocenters. The molecule has 0 saturated carbocycles. The van der Waals surface area contributed by atoms with Crippen molar-refractivity contribution in [3.63, 3.8) is 0 Å². The van der Waals surface area contributed by atoms with Crippen LogP contribution in [0.4, 0.5) is 5.82 Å². The molecule has 5 nitrogen and oxygen atoms in total. The largest absolute Gasteiger partial charge is 0.350 e. The number of aromatic nitrogens is 1. The van der Waals surface area contributed by atoms with E-state index in [-0.39, 0.29) is 17.5 Å². The third-order valence-electron chi connectivity index (χ3n) is 2.90. The second-order valence-corrected chi connectivity index (χ2v) is 5.16. The van der Waals surface area contributed by atoms with E-state index in [1.807, 2.05) is 24.3 Å². The van der Waals surface area contributed by atoms with Crippen molar-refractivity contribution < 1.29 is 9.59 Å². The minimum Gasteiger partial charge on any atom is -0.350 e. The molecular formula is C16H16ClN3O2. The minimum absolute atomic E-state index is 0.229. The number of carbonyl (C=O) groups excluding carboxylic acids is 2. The van der Waals surface area contributed by atoms with Crippen LogP contribution in [0.15, 0.2) is 42.5 Å². The molecule has 0 radical (unpaired) electrons. The average molecular weight is 318 g/mol. The van der Waals surface area contributed by atoms with Gasteiger partial charge in [0.2, 0.25) is 5.91 Å². The Kier molecular flexibility index (Phi) is 5.49. The molecule has 2 rings (SSSR count). The van der Waals surface area contributed by atoms with Crippen molar-refractivity contribution in [2.75, 3.05) is 11.9 Å². The van der Waals surface area contributed by atoms with E-state index in [1.54, 1.807) is 18.2 Å². The summed E-state index contributed by atoms with van der Waals surface area (Å²) >= 11 is 5.82. The van der Waals surface area contributed by atoms with Gasteiger partial charge in [-0.15, -0.1) is 0 Å². The van der Waals surface area contributed by atoms with E-state index in [0.29, 0.717) is 23.8 Å². The molecule has 0 aliphatic rings. The van der Waals surface area contributed by atoms with Gasteiger partial charge in [0.05, 0.1) is 0 Å². The molecule has 0 fully saturated rings. The van der Waals surface area contributed by atoms with Crippen LogP contribution in [0.1, 0.15) is 23.0 Å². The van der Waals surface area contributed by atoms with Gasteiger partial charge in [-0.2, -0.15) is 0 Å². The van der Waals surface area contributed by atoms with Crippen LogP contribution in [0.3, 0.4) is 0 Å². The standard InChI is InChI=1S/C16H16ClN3O2/c1-11(21)19-15-4-2-3-14(20-15)16(22)18-10-9-12-5-7-13(17)8-6-12/h2-8H,9-10H2,1H3,(H,18,22)(H,19,20,21). The van der Waals surface area contributed by atoms with Crippen LogP contribution in [0.25, 0.3) is 0 Å². The van der Waals surface area contributed by atoms with Gasteiger partial charge in [0, 0.05) is 18.5 Å². The molecule has 2 aromatic rings. The van der Waals surface area contributed by atoms with Crippen molar-refractivity contribution in [1.29, 1.82) is 0 Å². The fraction of sp³-hybridized carbons (Fsp3) is 0.188. The number of hydrogen-bond donors (Lipinski definition) is 2. The third-order valence-corrected chi connectivity index (χ3v) is 3.15. The highest BCUT2D eigenvalue weighted by Gasteiger charge is 2.08. The Balaban J connectivity index is 1.89. The maximum atomic E-state index is 12.0. The fourth-order valence-corrected chi connectivity index (χ4v) is 2.00. The third kappa shape index (κ3) is 4.86. The summed E-state index contributed by atoms with van der Waals surface area (Å²) in [5, 5.41) is 6.03. The van der Waals surface area contributed by atoms with E-state index >= 15 is 0 Å². The quantitative estimate of drug-likeness (QED) is 0.890. The number of hydrogen-bond acceptors (Lipinski definition) is 3. The van der Waals surface area contributed by atoms with Crippen molar-refractivity contribution >= 4 is 29.2 Å². The van der Waals surface area contributed by atoms with Crippen LogP contribution < -0.4 is 10.6 Å². The van der Waals surface area contributed by atoms with Crippen molar-refractivity contribution in [1.82, 2.24) is 10.3 Å². The van der Waals surface area contributed by atoms with Crippen LogP contribution in [-0.4, -0.2) is 23.3 Å². The molecule has 114 valence electrons. The van der Waals surface area contributed by atoms with Crippen LogP contribution >= 0.6 is 11.6 Å². The lowest BCUT2D eigenvalue weighted by Gasteiger charge is -2.07. The van der Waals surface area contributed by atoms with Crippen molar-refractivity contribution in [2.45, 2.75) is 13.3 Å². The van der Waals surface area contributed by atoms with E-state index in [4.69, 9.17) is 11.6 Å². The molecule has 1 aromatic carbocycles. The molecule has 1 heterocycles. The van der Waals surface area contributed by atoms with Crippen LogP contribution in [0, 0.1) is 0 Å². The lowest BCUT2D eigenvalue weighted by Crippen LogP contribution is -2.26. The van der Waals surface area contributed by atoms with Gasteiger partial charge in [-0.05, 0) is 36.2 Å². The molecule has 2 amide bonds. The molecule has 0 aliphatic carbocycles. The predicted octanol–water partition coefficient (Wildman–Crippen LogP) is 2.67. The first-order chi connectivity index (χ1) is 10.5. The zero-order valence-electron chi connectivity index (χ0n) is 12.1. The summed E-state index contributed by atoms with van der Waals surface area (Å²) in [6.07, 6.45) is 0.703. The van der Waals surface area contributed by atoms with Gasteiger partial charge in [0.1, 0.15) is 11.5 Å². The van der Waals surface area contributed by atoms with Gasteiger partial charge in [-0.25, -0.2) is 4.98 Å². The highest BCUT2D eigenvalue weighted by molar-refractivity contribution is 6.30. The number of pyridine rings is 1. The van der Waals surface area contributed by atoms with E-state index in [2.05, 4.69) is 15.6 Å². The smallest absolute Gasteiger partial charge is 0.269 e. The topological polar surface area (TPSA) is 71.1 Å². The summed E-state index contributed by atoms with van der Waals surface area (Å²) in [5.74, 6) is -0.146. The van der Waals surface area contributed by atoms with Crippen LogP contribution in [-0.2, 0) is 11.2 Å². The molecule has 2 N–H and O–H groups in total. The van der Waals surface area contributed by atoms with Gasteiger partial charge < -0.3 is 10.6 Å². The van der Waals surface area contributed by atoms with Gasteiger partial charge >= 0.3 is 0 Å². The predicted molar refractivity (Wildman–Crippen MR) is 86.0 cm³/mol. The summed E-state index contributed by atoms with van der Waals surface area (Å²) in [5.41, 5.74) is 1.35. The summed E-state index contributed by atoms with van der Waals surface area (Å²) in [4.78, 5) is 27.1. The zero-order chi connectivity index (χ0) is 15.9. The summed E-state index contributed by atoms with van der Waals surface area (Å²) in [6.45, 7) is 1.88. The average Bonchev–Trinajstić information content (AvgIpc) is 2.49. The van der Waals surface area contributed by atoms with Crippen molar-refractivity contribution in [3.8, 4) is 0 Å². The molecule has 22 heavy (non-hydrogen) atoms. The molecule has 0 spiro atoms. The van der Waals surface area contributed by atoms with Crippen molar-refractivity contribution in [2.24, 2.45) is 0 Å². The highest BCUT2D eigenvalue weighted by atomic mass is 35.5. The normalized spacial score (nSPS) is 10.1. The Morgan fingerprint density at radius 3 is 2.55 bits per heavy atom. The minimum atomic E-state index is -0.277. The first-order valence-electron chi connectivity index (χ1n) is 6.82. The van der Waals surface area contributed by atoms with E-state index < -0.39 is 0 Å². The Hall–Kier alpha value is -2.40. The number of benzene rings is 1. The van der Waals surface area contributed by atoms with Crippen molar-refractivity contribution in [3.05, 3.63) is 58.7 Å². The molecule has 1 aromatic heterocycles. The Bertz CT molecular complexity index is 671. The first-order valence-corrected chi connectivity index (χ1v) is 7.19. The number of rotatable bonds is 5. The monoisotopic (exact) mass is 317 g/mol. The van der Waals surface area contributed by atoms with E-state index in [1.165, 1.54) is 6.92 Å². The number of nitrogens with one attached hydrogen (secondary N) is 2. The van der Waals surface area contributed by atoms with Gasteiger partial charge in [0.15, 0.2) is 0 Å². The lowest BCUT2D eigenvalue weighted by molar-refractivity contribution is -0.114. The molecule has 0 aliphatic heterocycles.